The minimum absolute atomic E-state index is 0.0586. The molecule has 238 valence electrons. The second-order valence-electron chi connectivity index (χ2n) is 11.4. The molecule has 2 aromatic carbocycles. The molecule has 0 aliphatic heterocycles. The molecular formula is C37H54N6O. The number of hydrogen-bond donors (Lipinski definition) is 3. The molecule has 0 fully saturated rings. The average Bonchev–Trinajstić information content (AvgIpc) is 3.02. The van der Waals surface area contributed by atoms with Gasteiger partial charge in [-0.2, -0.15) is 0 Å². The number of Topliss-reactive ketones (excluding diaryl/α,β-unsaturated/α-hetero) is 1. The Labute approximate surface area is 266 Å². The van der Waals surface area contributed by atoms with Crippen molar-refractivity contribution in [1.29, 1.82) is 10.8 Å². The number of carbonyl (C=O) groups excluding carboxylic acids is 1. The molecule has 7 heteroatoms. The van der Waals surface area contributed by atoms with E-state index in [-0.39, 0.29) is 11.5 Å². The summed E-state index contributed by atoms with van der Waals surface area (Å²) in [5.74, 6) is 2.25. The van der Waals surface area contributed by atoms with Gasteiger partial charge in [0.05, 0.1) is 5.71 Å². The average molecular weight is 599 g/mol. The molecule has 0 spiro atoms. The molecule has 1 heterocycles. The fourth-order valence-corrected chi connectivity index (χ4v) is 3.81. The Morgan fingerprint density at radius 2 is 1.66 bits per heavy atom. The maximum Gasteiger partial charge on any atom is 0.161 e. The van der Waals surface area contributed by atoms with Crippen molar-refractivity contribution in [3.05, 3.63) is 77.0 Å². The third kappa shape index (κ3) is 14.5. The normalized spacial score (nSPS) is 10.8. The van der Waals surface area contributed by atoms with Gasteiger partial charge in [-0.05, 0) is 101 Å². The first-order chi connectivity index (χ1) is 20.9. The molecule has 3 rings (SSSR count). The molecule has 0 atom stereocenters. The van der Waals surface area contributed by atoms with Crippen LogP contribution in [-0.2, 0) is 4.79 Å². The minimum Gasteiger partial charge on any atom is -0.340 e. The zero-order chi connectivity index (χ0) is 33.1. The third-order valence-corrected chi connectivity index (χ3v) is 7.33. The Kier molecular flexibility index (Phi) is 18.0. The summed E-state index contributed by atoms with van der Waals surface area (Å²) in [6, 6.07) is 15.0. The van der Waals surface area contributed by atoms with Gasteiger partial charge in [0.25, 0.3) is 0 Å². The van der Waals surface area contributed by atoms with Crippen LogP contribution in [0.3, 0.4) is 0 Å². The van der Waals surface area contributed by atoms with E-state index in [2.05, 4.69) is 62.0 Å². The second-order valence-corrected chi connectivity index (χ2v) is 11.4. The summed E-state index contributed by atoms with van der Waals surface area (Å²) in [6.45, 7) is 15.6. The fraction of sp³-hybridized carbons (Fsp3) is 0.432. The van der Waals surface area contributed by atoms with Crippen LogP contribution in [0.5, 0.6) is 0 Å². The second kappa shape index (κ2) is 20.9. The summed E-state index contributed by atoms with van der Waals surface area (Å²) in [6.07, 6.45) is 11.3. The van der Waals surface area contributed by atoms with E-state index in [4.69, 9.17) is 10.8 Å². The van der Waals surface area contributed by atoms with Gasteiger partial charge >= 0.3 is 0 Å². The van der Waals surface area contributed by atoms with E-state index >= 15 is 0 Å². The number of unbranched alkanes of at least 4 members (excludes halogenated alkanes) is 2. The van der Waals surface area contributed by atoms with Crippen molar-refractivity contribution in [2.45, 2.75) is 80.6 Å². The zero-order valence-electron chi connectivity index (χ0n) is 28.4. The predicted octanol–water partition coefficient (Wildman–Crippen LogP) is 9.39. The molecule has 0 amide bonds. The Bertz CT molecular complexity index is 1340. The summed E-state index contributed by atoms with van der Waals surface area (Å²) in [7, 11) is 4.24. The number of nitrogens with one attached hydrogen (secondary N) is 3. The largest absolute Gasteiger partial charge is 0.340 e. The van der Waals surface area contributed by atoms with Crippen molar-refractivity contribution in [2.75, 3.05) is 26.0 Å². The van der Waals surface area contributed by atoms with Crippen molar-refractivity contribution < 1.29 is 4.79 Å². The van der Waals surface area contributed by atoms with Gasteiger partial charge in [0.15, 0.2) is 11.6 Å². The topological polar surface area (TPSA) is 106 Å². The molecule has 7 nitrogen and oxygen atoms in total. The zero-order valence-corrected chi connectivity index (χ0v) is 28.4. The molecule has 0 unspecified atom stereocenters. The lowest BCUT2D eigenvalue weighted by atomic mass is 10.0. The minimum atomic E-state index is 0.0586. The van der Waals surface area contributed by atoms with Crippen LogP contribution < -0.4 is 5.32 Å². The maximum absolute atomic E-state index is 11.5. The van der Waals surface area contributed by atoms with E-state index in [0.29, 0.717) is 17.2 Å². The van der Waals surface area contributed by atoms with Crippen molar-refractivity contribution in [1.82, 2.24) is 14.9 Å². The van der Waals surface area contributed by atoms with E-state index in [1.807, 2.05) is 50.3 Å². The molecule has 0 saturated carbocycles. The van der Waals surface area contributed by atoms with E-state index in [0.717, 1.165) is 40.1 Å². The molecule has 44 heavy (non-hydrogen) atoms. The highest BCUT2D eigenvalue weighted by Gasteiger charge is 2.07. The van der Waals surface area contributed by atoms with Crippen LogP contribution in [0, 0.1) is 23.7 Å². The first-order valence-electron chi connectivity index (χ1n) is 15.7. The molecule has 0 aliphatic carbocycles. The van der Waals surface area contributed by atoms with Crippen molar-refractivity contribution in [2.24, 2.45) is 5.92 Å². The van der Waals surface area contributed by atoms with E-state index in [1.165, 1.54) is 38.6 Å². The highest BCUT2D eigenvalue weighted by atomic mass is 16.1. The van der Waals surface area contributed by atoms with E-state index in [1.54, 1.807) is 31.3 Å². The molecular weight excluding hydrogens is 544 g/mol. The number of ketones is 1. The van der Waals surface area contributed by atoms with Crippen LogP contribution in [0.25, 0.3) is 17.5 Å². The van der Waals surface area contributed by atoms with Crippen molar-refractivity contribution in [3.8, 4) is 11.4 Å². The van der Waals surface area contributed by atoms with Gasteiger partial charge < -0.3 is 15.6 Å². The number of benzene rings is 2. The highest BCUT2D eigenvalue weighted by Crippen LogP contribution is 2.23. The van der Waals surface area contributed by atoms with Gasteiger partial charge in [-0.3, -0.25) is 10.2 Å². The summed E-state index contributed by atoms with van der Waals surface area (Å²) in [4.78, 5) is 22.7. The Hall–Kier alpha value is -3.97. The summed E-state index contributed by atoms with van der Waals surface area (Å²) in [5, 5.41) is 18.1. The molecule has 0 radical (unpaired) electrons. The summed E-state index contributed by atoms with van der Waals surface area (Å²) >= 11 is 0. The molecule has 0 bridgehead atoms. The third-order valence-electron chi connectivity index (χ3n) is 7.33. The van der Waals surface area contributed by atoms with Gasteiger partial charge in [0, 0.05) is 29.2 Å². The molecule has 0 saturated heterocycles. The molecule has 1 aromatic heterocycles. The lowest BCUT2D eigenvalue weighted by molar-refractivity contribution is -0.113. The van der Waals surface area contributed by atoms with Crippen LogP contribution in [0.4, 0.5) is 11.5 Å². The number of rotatable bonds is 13. The first kappa shape index (κ1) is 38.1. The standard InChI is InChI=1S/C24H23N5O.C7H17N.C6H14/c1-15(17(3)30)12-19-4-5-20(13-16(19)2)24-27-11-10-23(29-24)28-21-8-6-18(7-9-21)22(26)14-25;1-4-5-6-7-8(2)3;1-4-6(3)5-2/h4-14,25-26H,1-3H3,(H,27,28,29);4-7H2,1-3H3;6H,4-5H2,1-3H3/b15-12+,25-14?,26-22?;;. The van der Waals surface area contributed by atoms with E-state index < -0.39 is 0 Å². The fourth-order valence-electron chi connectivity index (χ4n) is 3.81. The summed E-state index contributed by atoms with van der Waals surface area (Å²) in [5.41, 5.74) is 5.33. The smallest absolute Gasteiger partial charge is 0.161 e. The first-order valence-corrected chi connectivity index (χ1v) is 15.7. The number of anilines is 2. The number of carbonyl (C=O) groups is 1. The van der Waals surface area contributed by atoms with Gasteiger partial charge in [-0.25, -0.2) is 9.97 Å². The summed E-state index contributed by atoms with van der Waals surface area (Å²) < 4.78 is 0. The number of aryl methyl sites for hydroxylation is 1. The Morgan fingerprint density at radius 3 is 2.16 bits per heavy atom. The van der Waals surface area contributed by atoms with Crippen LogP contribution in [-0.4, -0.2) is 53.2 Å². The SMILES string of the molecule is CC(=O)/C(C)=C/c1ccc(-c2nccc(Nc3ccc(C(=N)C=N)cc3)n2)cc1C.CCC(C)CC.CCCCCN(C)C. The number of allylic oxidation sites excluding steroid dienone is 1. The molecule has 0 aliphatic rings. The monoisotopic (exact) mass is 598 g/mol. The van der Waals surface area contributed by atoms with Crippen molar-refractivity contribution >= 4 is 35.3 Å². The Morgan fingerprint density at radius 1 is 1.00 bits per heavy atom. The quantitative estimate of drug-likeness (QED) is 0.103. The lowest BCUT2D eigenvalue weighted by Gasteiger charge is -2.09. The van der Waals surface area contributed by atoms with Crippen LogP contribution in [0.2, 0.25) is 0 Å². The number of nitrogens with zero attached hydrogens (tertiary/aromatic N) is 3. The number of aromatic nitrogens is 2. The highest BCUT2D eigenvalue weighted by molar-refractivity contribution is 6.35. The Balaban J connectivity index is 0.000000575. The van der Waals surface area contributed by atoms with Gasteiger partial charge in [-0.15, -0.1) is 0 Å². The molecule has 3 N–H and O–H groups in total. The van der Waals surface area contributed by atoms with Gasteiger partial charge in [0.2, 0.25) is 0 Å². The van der Waals surface area contributed by atoms with Gasteiger partial charge in [0.1, 0.15) is 5.82 Å². The van der Waals surface area contributed by atoms with Crippen molar-refractivity contribution in [3.63, 3.8) is 0 Å². The lowest BCUT2D eigenvalue weighted by Crippen LogP contribution is -2.12. The van der Waals surface area contributed by atoms with Crippen LogP contribution >= 0.6 is 0 Å². The number of hydrogen-bond acceptors (Lipinski definition) is 7. The predicted molar refractivity (Wildman–Crippen MR) is 190 cm³/mol. The molecule has 3 aromatic rings. The van der Waals surface area contributed by atoms with Gasteiger partial charge in [-0.1, -0.05) is 77.6 Å². The van der Waals surface area contributed by atoms with Crippen LogP contribution in [0.1, 0.15) is 90.3 Å². The maximum atomic E-state index is 11.5. The van der Waals surface area contributed by atoms with E-state index in [9.17, 15) is 4.79 Å². The van der Waals surface area contributed by atoms with Crippen LogP contribution in [0.15, 0.2) is 60.3 Å².